The van der Waals surface area contributed by atoms with Gasteiger partial charge in [0.25, 0.3) is 0 Å². The van der Waals surface area contributed by atoms with Crippen LogP contribution in [0, 0.1) is 0 Å². The van der Waals surface area contributed by atoms with Crippen molar-refractivity contribution < 1.29 is 31.1 Å². The highest BCUT2D eigenvalue weighted by Gasteiger charge is 2.35. The van der Waals surface area contributed by atoms with Crippen LogP contribution in [0.2, 0.25) is 0 Å². The number of hydrogen-bond donors (Lipinski definition) is 1. The van der Waals surface area contributed by atoms with E-state index in [9.17, 15) is 31.1 Å². The van der Waals surface area contributed by atoms with E-state index in [1.807, 2.05) is 0 Å². The van der Waals surface area contributed by atoms with Crippen LogP contribution in [0.15, 0.2) is 49.3 Å². The lowest BCUT2D eigenvalue weighted by molar-refractivity contribution is -0.142. The summed E-state index contributed by atoms with van der Waals surface area (Å²) in [7, 11) is 0. The Hall–Kier alpha value is -3.37. The molecule has 0 fully saturated rings. The van der Waals surface area contributed by atoms with Crippen molar-refractivity contribution in [1.82, 2.24) is 19.7 Å². The van der Waals surface area contributed by atoms with Crippen molar-refractivity contribution in [2.45, 2.75) is 18.9 Å². The van der Waals surface area contributed by atoms with Crippen LogP contribution in [0.4, 0.5) is 26.3 Å². The van der Waals surface area contributed by atoms with E-state index in [2.05, 4.69) is 21.9 Å². The van der Waals surface area contributed by atoms with Crippen LogP contribution >= 0.6 is 0 Å². The van der Waals surface area contributed by atoms with Crippen LogP contribution in [-0.4, -0.2) is 20.3 Å². The van der Waals surface area contributed by atoms with Crippen molar-refractivity contribution >= 4 is 11.6 Å². The van der Waals surface area contributed by atoms with Crippen LogP contribution in [0.3, 0.4) is 0 Å². The second-order valence-electron chi connectivity index (χ2n) is 5.91. The van der Waals surface area contributed by atoms with Crippen LogP contribution in [-0.2, 0) is 23.7 Å². The molecule has 2 heterocycles. The van der Waals surface area contributed by atoms with Gasteiger partial charge in [-0.15, -0.1) is 0 Å². The summed E-state index contributed by atoms with van der Waals surface area (Å²) < 4.78 is 78.9. The van der Waals surface area contributed by atoms with Gasteiger partial charge in [-0.1, -0.05) is 18.7 Å². The number of amides is 1. The molecule has 0 radical (unpaired) electrons. The first kappa shape index (κ1) is 20.4. The molecule has 2 aromatic heterocycles. The largest absolute Gasteiger partial charge is 0.433 e. The fourth-order valence-electron chi connectivity index (χ4n) is 2.59. The summed E-state index contributed by atoms with van der Waals surface area (Å²) in [6, 6.07) is 3.79. The molecule has 0 aliphatic heterocycles. The van der Waals surface area contributed by atoms with Crippen LogP contribution in [0.1, 0.15) is 17.0 Å². The Labute approximate surface area is 159 Å². The van der Waals surface area contributed by atoms with Gasteiger partial charge in [-0.05, 0) is 18.2 Å². The van der Waals surface area contributed by atoms with Crippen molar-refractivity contribution in [3.8, 4) is 11.3 Å². The fourth-order valence-corrected chi connectivity index (χ4v) is 2.59. The zero-order chi connectivity index (χ0) is 21.4. The third kappa shape index (κ3) is 4.23. The predicted molar refractivity (Wildman–Crippen MR) is 90.5 cm³/mol. The highest BCUT2D eigenvalue weighted by atomic mass is 19.4. The van der Waals surface area contributed by atoms with Gasteiger partial charge in [0.15, 0.2) is 5.65 Å². The normalized spacial score (nSPS) is 12.2. The molecule has 3 rings (SSSR count). The number of benzene rings is 1. The standard InChI is InChI=1S/C18H12F6N4O/c1-2-14(29)25-7-12-9-28-13(18(22,23)24)8-26-16(28)15(27-12)10-3-5-11(6-4-10)17(19,20)21/h2-6,8-9H,1,7H2,(H,25,29). The molecular formula is C18H12F6N4O. The number of aromatic nitrogens is 3. The average Bonchev–Trinajstić information content (AvgIpc) is 3.09. The number of halogens is 6. The molecule has 29 heavy (non-hydrogen) atoms. The molecule has 0 atom stereocenters. The average molecular weight is 414 g/mol. The maximum atomic E-state index is 13.3. The number of rotatable bonds is 4. The molecule has 0 aliphatic carbocycles. The fraction of sp³-hybridized carbons (Fsp3) is 0.167. The number of nitrogens with one attached hydrogen (secondary N) is 1. The van der Waals surface area contributed by atoms with Crippen LogP contribution in [0.25, 0.3) is 16.9 Å². The Morgan fingerprint density at radius 3 is 2.31 bits per heavy atom. The Bertz CT molecular complexity index is 1070. The molecule has 1 amide bonds. The third-order valence-electron chi connectivity index (χ3n) is 3.95. The quantitative estimate of drug-likeness (QED) is 0.513. The van der Waals surface area contributed by atoms with E-state index in [4.69, 9.17) is 0 Å². The molecule has 152 valence electrons. The Morgan fingerprint density at radius 1 is 1.10 bits per heavy atom. The number of imidazole rings is 1. The highest BCUT2D eigenvalue weighted by Crippen LogP contribution is 2.34. The molecule has 5 nitrogen and oxygen atoms in total. The summed E-state index contributed by atoms with van der Waals surface area (Å²) in [5, 5.41) is 2.39. The molecule has 1 N–H and O–H groups in total. The highest BCUT2D eigenvalue weighted by molar-refractivity contribution is 5.86. The molecular weight excluding hydrogens is 402 g/mol. The Balaban J connectivity index is 2.15. The number of fused-ring (bicyclic) bond motifs is 1. The van der Waals surface area contributed by atoms with Gasteiger partial charge in [0, 0.05) is 11.8 Å². The first-order valence-corrected chi connectivity index (χ1v) is 8.03. The SMILES string of the molecule is C=CC(=O)NCc1cn2c(C(F)(F)F)cnc2c(-c2ccc(C(F)(F)F)cc2)n1. The van der Waals surface area contributed by atoms with E-state index in [1.54, 1.807) is 0 Å². The van der Waals surface area contributed by atoms with Gasteiger partial charge in [0.2, 0.25) is 5.91 Å². The third-order valence-corrected chi connectivity index (χ3v) is 3.95. The van der Waals surface area contributed by atoms with Crippen molar-refractivity contribution in [3.05, 3.63) is 66.3 Å². The number of hydrogen-bond acceptors (Lipinski definition) is 3. The van der Waals surface area contributed by atoms with Crippen molar-refractivity contribution in [1.29, 1.82) is 0 Å². The number of nitrogens with zero attached hydrogens (tertiary/aromatic N) is 3. The number of alkyl halides is 6. The molecule has 0 saturated carbocycles. The van der Waals surface area contributed by atoms with Gasteiger partial charge in [-0.25, -0.2) is 9.97 Å². The monoisotopic (exact) mass is 414 g/mol. The molecule has 0 spiro atoms. The minimum absolute atomic E-state index is 0.0473. The van der Waals surface area contributed by atoms with Crippen molar-refractivity contribution in [2.24, 2.45) is 0 Å². The van der Waals surface area contributed by atoms with Gasteiger partial charge in [-0.3, -0.25) is 9.20 Å². The number of carbonyl (C=O) groups excluding carboxylic acids is 1. The van der Waals surface area contributed by atoms with E-state index in [1.165, 1.54) is 0 Å². The summed E-state index contributed by atoms with van der Waals surface area (Å²) in [6.45, 7) is 3.05. The maximum absolute atomic E-state index is 13.3. The molecule has 0 saturated heterocycles. The second kappa shape index (κ2) is 7.22. The van der Waals surface area contributed by atoms with Crippen molar-refractivity contribution in [2.75, 3.05) is 0 Å². The zero-order valence-corrected chi connectivity index (χ0v) is 14.5. The zero-order valence-electron chi connectivity index (χ0n) is 14.5. The van der Waals surface area contributed by atoms with Gasteiger partial charge in [0.05, 0.1) is 24.0 Å². The van der Waals surface area contributed by atoms with E-state index >= 15 is 0 Å². The lowest BCUT2D eigenvalue weighted by Crippen LogP contribution is -2.21. The van der Waals surface area contributed by atoms with Gasteiger partial charge in [-0.2, -0.15) is 26.3 Å². The molecule has 11 heteroatoms. The second-order valence-corrected chi connectivity index (χ2v) is 5.91. The molecule has 0 bridgehead atoms. The molecule has 3 aromatic rings. The Kier molecular flexibility index (Phi) is 5.07. The van der Waals surface area contributed by atoms with Gasteiger partial charge < -0.3 is 5.32 Å². The van der Waals surface area contributed by atoms with Crippen LogP contribution < -0.4 is 5.32 Å². The topological polar surface area (TPSA) is 59.3 Å². The Morgan fingerprint density at radius 2 is 1.76 bits per heavy atom. The van der Waals surface area contributed by atoms with Gasteiger partial charge >= 0.3 is 12.4 Å². The molecule has 0 unspecified atom stereocenters. The summed E-state index contributed by atoms with van der Waals surface area (Å²) in [4.78, 5) is 19.3. The summed E-state index contributed by atoms with van der Waals surface area (Å²) in [5.74, 6) is -0.565. The number of carbonyl (C=O) groups is 1. The molecule has 1 aromatic carbocycles. The molecule has 0 aliphatic rings. The van der Waals surface area contributed by atoms with E-state index in [-0.39, 0.29) is 29.1 Å². The minimum Gasteiger partial charge on any atom is -0.347 e. The lowest BCUT2D eigenvalue weighted by atomic mass is 10.1. The predicted octanol–water partition coefficient (Wildman–Crippen LogP) is 4.24. The van der Waals surface area contributed by atoms with Gasteiger partial charge in [0.1, 0.15) is 11.4 Å². The summed E-state index contributed by atoms with van der Waals surface area (Å²) in [5.41, 5.74) is -2.05. The maximum Gasteiger partial charge on any atom is 0.433 e. The first-order valence-electron chi connectivity index (χ1n) is 8.03. The first-order chi connectivity index (χ1) is 13.5. The smallest absolute Gasteiger partial charge is 0.347 e. The summed E-state index contributed by atoms with van der Waals surface area (Å²) in [6.07, 6.45) is -6.64. The minimum atomic E-state index is -4.72. The lowest BCUT2D eigenvalue weighted by Gasteiger charge is -2.12. The van der Waals surface area contributed by atoms with Crippen molar-refractivity contribution in [3.63, 3.8) is 0 Å². The van der Waals surface area contributed by atoms with E-state index in [0.29, 0.717) is 6.20 Å². The van der Waals surface area contributed by atoms with E-state index < -0.39 is 29.5 Å². The van der Waals surface area contributed by atoms with E-state index in [0.717, 1.165) is 40.9 Å². The van der Waals surface area contributed by atoms with Crippen LogP contribution in [0.5, 0.6) is 0 Å². The summed E-state index contributed by atoms with van der Waals surface area (Å²) >= 11 is 0.